The zero-order chi connectivity index (χ0) is 33.2. The maximum absolute atomic E-state index is 14.4. The molecule has 1 aliphatic rings. The van der Waals surface area contributed by atoms with E-state index in [9.17, 15) is 9.59 Å². The Bertz CT molecular complexity index is 2240. The first-order chi connectivity index (χ1) is 23.4. The van der Waals surface area contributed by atoms with Gasteiger partial charge in [-0.15, -0.1) is 4.52 Å². The third kappa shape index (κ3) is 6.14. The molecule has 6 aromatic rings. The molecular formula is C35H36N11O2+. The molecule has 0 aliphatic carbocycles. The first-order valence-electron chi connectivity index (χ1n) is 15.9. The second-order valence-electron chi connectivity index (χ2n) is 11.9. The van der Waals surface area contributed by atoms with Crippen molar-refractivity contribution in [3.8, 4) is 17.5 Å². The molecule has 7 rings (SSSR count). The highest BCUT2D eigenvalue weighted by Gasteiger charge is 2.27. The lowest BCUT2D eigenvalue weighted by Crippen LogP contribution is -2.45. The van der Waals surface area contributed by atoms with Crippen LogP contribution in [0.1, 0.15) is 40.3 Å². The average molecular weight is 643 g/mol. The second kappa shape index (κ2) is 13.1. The molecule has 4 aromatic heterocycles. The van der Waals surface area contributed by atoms with Crippen molar-refractivity contribution in [1.29, 1.82) is 0 Å². The number of hydrogen-bond acceptors (Lipinski definition) is 8. The molecule has 5 heterocycles. The van der Waals surface area contributed by atoms with Crippen LogP contribution in [0.5, 0.6) is 0 Å². The summed E-state index contributed by atoms with van der Waals surface area (Å²) < 4.78 is 5.02. The number of benzene rings is 2. The van der Waals surface area contributed by atoms with E-state index in [0.29, 0.717) is 33.6 Å². The van der Waals surface area contributed by atoms with E-state index in [0.717, 1.165) is 44.8 Å². The zero-order valence-electron chi connectivity index (χ0n) is 26.8. The molecule has 1 saturated heterocycles. The summed E-state index contributed by atoms with van der Waals surface area (Å²) in [6.07, 6.45) is 6.99. The van der Waals surface area contributed by atoms with Gasteiger partial charge in [0.2, 0.25) is 0 Å². The van der Waals surface area contributed by atoms with E-state index in [1.807, 2.05) is 53.3 Å². The van der Waals surface area contributed by atoms with E-state index in [4.69, 9.17) is 10.7 Å². The van der Waals surface area contributed by atoms with Crippen LogP contribution in [0.25, 0.3) is 22.2 Å². The molecule has 2 aromatic carbocycles. The number of nitrogens with two attached hydrogens (primary N) is 1. The Morgan fingerprint density at radius 1 is 1.06 bits per heavy atom. The van der Waals surface area contributed by atoms with Crippen molar-refractivity contribution in [3.63, 3.8) is 0 Å². The summed E-state index contributed by atoms with van der Waals surface area (Å²) in [6, 6.07) is 15.7. The first-order valence-corrected chi connectivity index (χ1v) is 15.9. The maximum Gasteiger partial charge on any atom is 0.362 e. The number of para-hydroxylation sites is 1. The lowest BCUT2D eigenvalue weighted by atomic mass is 10.1. The number of hydrogen-bond donors (Lipinski definition) is 3. The smallest absolute Gasteiger partial charge is 0.362 e. The van der Waals surface area contributed by atoms with E-state index < -0.39 is 11.9 Å². The molecule has 13 nitrogen and oxygen atoms in total. The van der Waals surface area contributed by atoms with Crippen LogP contribution < -0.4 is 21.1 Å². The topological polar surface area (TPSA) is 147 Å². The van der Waals surface area contributed by atoms with Gasteiger partial charge in [-0.2, -0.15) is 5.10 Å². The molecule has 4 N–H and O–H groups in total. The van der Waals surface area contributed by atoms with E-state index >= 15 is 0 Å². The highest BCUT2D eigenvalue weighted by atomic mass is 16.2. The van der Waals surface area contributed by atoms with Gasteiger partial charge in [-0.25, -0.2) is 10.1 Å². The number of amides is 1. The van der Waals surface area contributed by atoms with Crippen molar-refractivity contribution in [2.45, 2.75) is 19.5 Å². The largest absolute Gasteiger partial charge is 0.382 e. The monoisotopic (exact) mass is 642 g/mol. The number of carbonyl (C=O) groups is 1. The number of H-pyrrole nitrogens is 1. The Labute approximate surface area is 276 Å². The Hall–Kier alpha value is -5.84. The second-order valence-corrected chi connectivity index (χ2v) is 11.9. The lowest BCUT2D eigenvalue weighted by molar-refractivity contribution is -0.577. The Balaban J connectivity index is 1.20. The Kier molecular flexibility index (Phi) is 8.41. The van der Waals surface area contributed by atoms with Crippen molar-refractivity contribution in [1.82, 2.24) is 44.5 Å². The number of likely N-dealkylation sites (N-methyl/N-ethyl adjacent to an activating group) is 1. The van der Waals surface area contributed by atoms with Gasteiger partial charge >= 0.3 is 5.65 Å². The first kappa shape index (κ1) is 30.8. The number of anilines is 1. The van der Waals surface area contributed by atoms with Gasteiger partial charge in [-0.05, 0) is 43.2 Å². The van der Waals surface area contributed by atoms with Crippen molar-refractivity contribution in [2.24, 2.45) is 0 Å². The summed E-state index contributed by atoms with van der Waals surface area (Å²) in [4.78, 5) is 41.9. The molecule has 1 fully saturated rings. The maximum atomic E-state index is 14.4. The molecule has 48 heavy (non-hydrogen) atoms. The third-order valence-electron chi connectivity index (χ3n) is 8.60. The molecular weight excluding hydrogens is 606 g/mol. The van der Waals surface area contributed by atoms with Crippen LogP contribution in [0.4, 0.5) is 5.82 Å². The highest BCUT2D eigenvalue weighted by molar-refractivity contribution is 6.03. The summed E-state index contributed by atoms with van der Waals surface area (Å²) in [5.74, 6) is 6.48. The number of piperazine rings is 1. The van der Waals surface area contributed by atoms with Crippen LogP contribution in [0, 0.1) is 11.8 Å². The predicted octanol–water partition coefficient (Wildman–Crippen LogP) is 1.76. The van der Waals surface area contributed by atoms with Gasteiger partial charge in [-0.3, -0.25) is 23.7 Å². The SMILES string of the molecule is CC(NC(=O)c1c(N)[nH][n+]2cccnc12)c1nc2cccc(C#Cc3cnn(CCN4CCN(C)CC4)c3)c2c(=O)n1-c1ccccc1. The van der Waals surface area contributed by atoms with E-state index in [1.165, 1.54) is 4.57 Å². The van der Waals surface area contributed by atoms with Gasteiger partial charge < -0.3 is 16.0 Å². The van der Waals surface area contributed by atoms with Gasteiger partial charge in [-0.1, -0.05) is 36.1 Å². The van der Waals surface area contributed by atoms with Gasteiger partial charge in [0.05, 0.1) is 40.9 Å². The standard InChI is InChI=1S/C35H35N11O2/c1-24(39-34(47)30-31(36)41-45-15-7-14-37-33(30)45)32-40-28-11-6-8-26(29(28)35(48)46(32)27-9-4-3-5-10-27)13-12-25-22-38-44(23-25)21-20-43-18-16-42(2)17-19-43/h3-11,14-15,22-24H,16-21H2,1-2H3,(H3,36,39,41,47)/p+1. The minimum absolute atomic E-state index is 0.175. The highest BCUT2D eigenvalue weighted by Crippen LogP contribution is 2.21. The molecule has 1 unspecified atom stereocenters. The summed E-state index contributed by atoms with van der Waals surface area (Å²) in [7, 11) is 2.15. The van der Waals surface area contributed by atoms with Crippen LogP contribution in [0.3, 0.4) is 0 Å². The minimum Gasteiger partial charge on any atom is -0.382 e. The summed E-state index contributed by atoms with van der Waals surface area (Å²) in [5.41, 5.74) is 8.86. The normalized spacial score (nSPS) is 14.5. The predicted molar refractivity (Wildman–Crippen MR) is 182 cm³/mol. The number of fused-ring (bicyclic) bond motifs is 2. The van der Waals surface area contributed by atoms with Gasteiger partial charge in [0.1, 0.15) is 18.2 Å². The number of nitrogens with zero attached hydrogens (tertiary/aromatic N) is 8. The van der Waals surface area contributed by atoms with Crippen LogP contribution in [0.2, 0.25) is 0 Å². The van der Waals surface area contributed by atoms with Crippen LogP contribution in [0.15, 0.2) is 84.2 Å². The number of nitrogens with one attached hydrogen (secondary N) is 2. The van der Waals surface area contributed by atoms with Crippen molar-refractivity contribution >= 4 is 28.3 Å². The average Bonchev–Trinajstić information content (AvgIpc) is 3.70. The van der Waals surface area contributed by atoms with E-state index in [2.05, 4.69) is 49.2 Å². The van der Waals surface area contributed by atoms with Gasteiger partial charge in [0, 0.05) is 50.6 Å². The summed E-state index contributed by atoms with van der Waals surface area (Å²) in [5, 5.41) is 10.8. The number of nitrogen functional groups attached to an aromatic ring is 1. The van der Waals surface area contributed by atoms with Crippen LogP contribution >= 0.6 is 0 Å². The van der Waals surface area contributed by atoms with Crippen molar-refractivity contribution < 1.29 is 9.31 Å². The molecule has 1 aliphatic heterocycles. The fourth-order valence-corrected chi connectivity index (χ4v) is 5.98. The zero-order valence-corrected chi connectivity index (χ0v) is 26.8. The van der Waals surface area contributed by atoms with Crippen molar-refractivity contribution in [3.05, 3.63) is 112 Å². The van der Waals surface area contributed by atoms with Gasteiger partial charge in [0.15, 0.2) is 11.4 Å². The van der Waals surface area contributed by atoms with Gasteiger partial charge in [0.25, 0.3) is 11.5 Å². The molecule has 242 valence electrons. The fourth-order valence-electron chi connectivity index (χ4n) is 5.98. The lowest BCUT2D eigenvalue weighted by Gasteiger charge is -2.32. The number of rotatable bonds is 7. The number of aromatic amines is 1. The summed E-state index contributed by atoms with van der Waals surface area (Å²) in [6.45, 7) is 7.77. The molecule has 0 bridgehead atoms. The van der Waals surface area contributed by atoms with E-state index in [1.54, 1.807) is 42.2 Å². The van der Waals surface area contributed by atoms with Crippen molar-refractivity contribution in [2.75, 3.05) is 45.5 Å². The fraction of sp³-hybridized carbons (Fsp3) is 0.257. The molecule has 1 amide bonds. The molecule has 0 saturated carbocycles. The summed E-state index contributed by atoms with van der Waals surface area (Å²) >= 11 is 0. The number of aromatic nitrogens is 7. The molecule has 1 atom stereocenters. The minimum atomic E-state index is -0.681. The molecule has 0 radical (unpaired) electrons. The Morgan fingerprint density at radius 2 is 1.88 bits per heavy atom. The molecule has 13 heteroatoms. The van der Waals surface area contributed by atoms with E-state index in [-0.39, 0.29) is 16.9 Å². The Morgan fingerprint density at radius 3 is 2.69 bits per heavy atom. The quantitative estimate of drug-likeness (QED) is 0.176. The third-order valence-corrected chi connectivity index (χ3v) is 8.60. The van der Waals surface area contributed by atoms with Crippen LogP contribution in [-0.2, 0) is 6.54 Å². The number of carbonyl (C=O) groups excluding carboxylic acids is 1. The molecule has 0 spiro atoms. The van der Waals surface area contributed by atoms with Crippen LogP contribution in [-0.4, -0.2) is 84.9 Å².